The summed E-state index contributed by atoms with van der Waals surface area (Å²) in [5, 5.41) is 5.17. The van der Waals surface area contributed by atoms with E-state index in [1.54, 1.807) is 7.11 Å². The molecule has 28 heavy (non-hydrogen) atoms. The van der Waals surface area contributed by atoms with Crippen LogP contribution in [0, 0.1) is 13.8 Å². The highest BCUT2D eigenvalue weighted by atomic mass is 16.5. The number of nitrogens with one attached hydrogen (secondary N) is 1. The SMILES string of the molecule is COCCNCc1cnc(C)c2oc(-c3cc(=O)oc4cc(C)ccc34)cc12. The topological polar surface area (TPSA) is 77.5 Å². The monoisotopic (exact) mass is 378 g/mol. The summed E-state index contributed by atoms with van der Waals surface area (Å²) >= 11 is 0. The number of pyridine rings is 1. The van der Waals surface area contributed by atoms with Crippen LogP contribution in [0.25, 0.3) is 33.3 Å². The predicted molar refractivity (Wildman–Crippen MR) is 109 cm³/mol. The molecular weight excluding hydrogens is 356 g/mol. The van der Waals surface area contributed by atoms with Crippen LogP contribution < -0.4 is 10.9 Å². The third kappa shape index (κ3) is 3.44. The maximum atomic E-state index is 12.1. The van der Waals surface area contributed by atoms with Crippen molar-refractivity contribution in [2.45, 2.75) is 20.4 Å². The van der Waals surface area contributed by atoms with Crippen LogP contribution in [0.2, 0.25) is 0 Å². The summed E-state index contributed by atoms with van der Waals surface area (Å²) in [5.41, 5.74) is 4.49. The number of methoxy groups -OCH3 is 1. The van der Waals surface area contributed by atoms with Gasteiger partial charge in [-0.05, 0) is 37.1 Å². The molecule has 4 aromatic rings. The molecule has 0 unspecified atom stereocenters. The molecule has 1 aromatic carbocycles. The molecule has 0 saturated carbocycles. The Hall–Kier alpha value is -2.96. The zero-order valence-corrected chi connectivity index (χ0v) is 16.2. The van der Waals surface area contributed by atoms with Crippen LogP contribution in [0.4, 0.5) is 0 Å². The minimum Gasteiger partial charge on any atom is -0.454 e. The summed E-state index contributed by atoms with van der Waals surface area (Å²) < 4.78 is 16.6. The Kier molecular flexibility index (Phi) is 4.98. The number of benzene rings is 1. The Labute approximate surface area is 162 Å². The van der Waals surface area contributed by atoms with Gasteiger partial charge in [-0.3, -0.25) is 4.98 Å². The summed E-state index contributed by atoms with van der Waals surface area (Å²) in [6.45, 7) is 5.93. The van der Waals surface area contributed by atoms with Crippen LogP contribution in [0.5, 0.6) is 0 Å². The molecule has 0 aliphatic carbocycles. The van der Waals surface area contributed by atoms with Gasteiger partial charge in [0.2, 0.25) is 0 Å². The average molecular weight is 378 g/mol. The van der Waals surface area contributed by atoms with Gasteiger partial charge in [0.05, 0.1) is 12.3 Å². The second-order valence-electron chi connectivity index (χ2n) is 6.87. The molecule has 0 fully saturated rings. The van der Waals surface area contributed by atoms with E-state index < -0.39 is 5.63 Å². The van der Waals surface area contributed by atoms with Crippen LogP contribution in [0.15, 0.2) is 50.2 Å². The molecule has 3 heterocycles. The van der Waals surface area contributed by atoms with Gasteiger partial charge in [-0.25, -0.2) is 4.79 Å². The Morgan fingerprint density at radius 1 is 1.11 bits per heavy atom. The van der Waals surface area contributed by atoms with Crippen LogP contribution in [0.1, 0.15) is 16.8 Å². The van der Waals surface area contributed by atoms with Crippen molar-refractivity contribution in [3.05, 3.63) is 63.8 Å². The number of furan rings is 1. The van der Waals surface area contributed by atoms with Gasteiger partial charge in [0, 0.05) is 48.8 Å². The first kappa shape index (κ1) is 18.4. The second kappa shape index (κ2) is 7.58. The molecule has 4 rings (SSSR count). The van der Waals surface area contributed by atoms with Crippen molar-refractivity contribution in [3.8, 4) is 11.3 Å². The largest absolute Gasteiger partial charge is 0.454 e. The number of rotatable bonds is 6. The average Bonchev–Trinajstić information content (AvgIpc) is 3.12. The van der Waals surface area contributed by atoms with Gasteiger partial charge in [0.1, 0.15) is 11.3 Å². The number of aryl methyl sites for hydroxylation is 2. The van der Waals surface area contributed by atoms with E-state index in [2.05, 4.69) is 10.3 Å². The number of nitrogens with zero attached hydrogens (tertiary/aromatic N) is 1. The first-order valence-electron chi connectivity index (χ1n) is 9.19. The zero-order valence-electron chi connectivity index (χ0n) is 16.2. The number of fused-ring (bicyclic) bond motifs is 2. The van der Waals surface area contributed by atoms with Gasteiger partial charge in [0.25, 0.3) is 0 Å². The van der Waals surface area contributed by atoms with Gasteiger partial charge in [0.15, 0.2) is 5.58 Å². The Balaban J connectivity index is 1.83. The first-order chi connectivity index (χ1) is 13.6. The molecule has 3 aromatic heterocycles. The van der Waals surface area contributed by atoms with Crippen molar-refractivity contribution in [1.29, 1.82) is 0 Å². The summed E-state index contributed by atoms with van der Waals surface area (Å²) in [6, 6.07) is 9.27. The van der Waals surface area contributed by atoms with Gasteiger partial charge < -0.3 is 18.9 Å². The third-order valence-electron chi connectivity index (χ3n) is 4.78. The van der Waals surface area contributed by atoms with Crippen molar-refractivity contribution in [2.24, 2.45) is 0 Å². The van der Waals surface area contributed by atoms with Crippen molar-refractivity contribution < 1.29 is 13.6 Å². The molecule has 0 aliphatic heterocycles. The molecule has 0 amide bonds. The lowest BCUT2D eigenvalue weighted by molar-refractivity contribution is 0.199. The minimum atomic E-state index is -0.398. The maximum Gasteiger partial charge on any atom is 0.336 e. The lowest BCUT2D eigenvalue weighted by Crippen LogP contribution is -2.18. The van der Waals surface area contributed by atoms with Crippen LogP contribution in [0.3, 0.4) is 0 Å². The molecule has 0 aliphatic rings. The van der Waals surface area contributed by atoms with Crippen LogP contribution >= 0.6 is 0 Å². The van der Waals surface area contributed by atoms with Gasteiger partial charge in [-0.1, -0.05) is 12.1 Å². The van der Waals surface area contributed by atoms with E-state index in [-0.39, 0.29) is 0 Å². The number of ether oxygens (including phenoxy) is 1. The predicted octanol–water partition coefficient (Wildman–Crippen LogP) is 3.95. The molecule has 0 saturated heterocycles. The highest BCUT2D eigenvalue weighted by molar-refractivity contribution is 5.95. The smallest absolute Gasteiger partial charge is 0.336 e. The highest BCUT2D eigenvalue weighted by Gasteiger charge is 2.16. The standard InChI is InChI=1S/C22H22N2O4/c1-13-4-5-16-18(10-21(25)27-19(16)8-13)20-9-17-15(11-23-6-7-26-3)12-24-14(2)22(17)28-20/h4-5,8-10,12,23H,6-7,11H2,1-3H3. The third-order valence-corrected chi connectivity index (χ3v) is 4.78. The fourth-order valence-corrected chi connectivity index (χ4v) is 3.35. The summed E-state index contributed by atoms with van der Waals surface area (Å²) in [7, 11) is 1.68. The maximum absolute atomic E-state index is 12.1. The quantitative estimate of drug-likeness (QED) is 0.404. The van der Waals surface area contributed by atoms with E-state index in [4.69, 9.17) is 13.6 Å². The van der Waals surface area contributed by atoms with Gasteiger partial charge in [-0.15, -0.1) is 0 Å². The molecule has 0 atom stereocenters. The molecule has 6 heteroatoms. The lowest BCUT2D eigenvalue weighted by Gasteiger charge is -2.05. The molecule has 1 N–H and O–H groups in total. The van der Waals surface area contributed by atoms with Crippen LogP contribution in [-0.2, 0) is 11.3 Å². The molecule has 6 nitrogen and oxygen atoms in total. The molecule has 0 spiro atoms. The first-order valence-corrected chi connectivity index (χ1v) is 9.19. The summed E-state index contributed by atoms with van der Waals surface area (Å²) in [4.78, 5) is 16.6. The van der Waals surface area contributed by atoms with Gasteiger partial charge >= 0.3 is 5.63 Å². The molecular formula is C22H22N2O4. The van der Waals surface area contributed by atoms with E-state index in [0.29, 0.717) is 24.5 Å². The normalized spacial score (nSPS) is 11.5. The fraction of sp³-hybridized carbons (Fsp3) is 0.273. The Morgan fingerprint density at radius 2 is 1.96 bits per heavy atom. The van der Waals surface area contributed by atoms with Crippen LogP contribution in [-0.4, -0.2) is 25.2 Å². The zero-order chi connectivity index (χ0) is 19.7. The van der Waals surface area contributed by atoms with Crippen molar-refractivity contribution in [1.82, 2.24) is 10.3 Å². The van der Waals surface area contributed by atoms with E-state index in [9.17, 15) is 4.79 Å². The lowest BCUT2D eigenvalue weighted by atomic mass is 10.1. The second-order valence-corrected chi connectivity index (χ2v) is 6.87. The number of aromatic nitrogens is 1. The van der Waals surface area contributed by atoms with E-state index in [1.807, 2.05) is 44.3 Å². The van der Waals surface area contributed by atoms with Crippen molar-refractivity contribution >= 4 is 21.9 Å². The highest BCUT2D eigenvalue weighted by Crippen LogP contribution is 2.34. The van der Waals surface area contributed by atoms with E-state index in [1.165, 1.54) is 6.07 Å². The summed E-state index contributed by atoms with van der Waals surface area (Å²) in [5.74, 6) is 0.631. The number of hydrogen-bond donors (Lipinski definition) is 1. The van der Waals surface area contributed by atoms with E-state index >= 15 is 0 Å². The molecule has 0 radical (unpaired) electrons. The van der Waals surface area contributed by atoms with E-state index in [0.717, 1.165) is 45.3 Å². The van der Waals surface area contributed by atoms with Gasteiger partial charge in [-0.2, -0.15) is 0 Å². The van der Waals surface area contributed by atoms with Crippen molar-refractivity contribution in [3.63, 3.8) is 0 Å². The molecule has 0 bridgehead atoms. The number of hydrogen-bond acceptors (Lipinski definition) is 6. The van der Waals surface area contributed by atoms with Crippen molar-refractivity contribution in [2.75, 3.05) is 20.3 Å². The molecule has 144 valence electrons. The summed E-state index contributed by atoms with van der Waals surface area (Å²) in [6.07, 6.45) is 1.86. The Bertz CT molecular complexity index is 1210. The fourth-order valence-electron chi connectivity index (χ4n) is 3.35. The minimum absolute atomic E-state index is 0.398. The Morgan fingerprint density at radius 3 is 2.79 bits per heavy atom.